The lowest BCUT2D eigenvalue weighted by atomic mass is 10.1. The van der Waals surface area contributed by atoms with Gasteiger partial charge in [-0.2, -0.15) is 0 Å². The van der Waals surface area contributed by atoms with Crippen molar-refractivity contribution in [2.45, 2.75) is 11.7 Å². The van der Waals surface area contributed by atoms with Crippen LogP contribution < -0.4 is 9.47 Å². The highest BCUT2D eigenvalue weighted by Gasteiger charge is 2.32. The second-order valence-electron chi connectivity index (χ2n) is 6.40. The molecule has 0 saturated carbocycles. The minimum atomic E-state index is -3.30. The summed E-state index contributed by atoms with van der Waals surface area (Å²) in [5, 5.41) is -0.570. The van der Waals surface area contributed by atoms with Gasteiger partial charge in [-0.3, -0.25) is 4.79 Å². The van der Waals surface area contributed by atoms with Crippen molar-refractivity contribution >= 4 is 15.7 Å². The largest absolute Gasteiger partial charge is 0.497 e. The summed E-state index contributed by atoms with van der Waals surface area (Å²) in [5.41, 5.74) is 0.779. The maximum Gasteiger partial charge on any atom is 0.260 e. The first-order chi connectivity index (χ1) is 13.0. The van der Waals surface area contributed by atoms with Gasteiger partial charge in [-0.25, -0.2) is 8.42 Å². The Hall–Kier alpha value is -2.54. The fourth-order valence-electron chi connectivity index (χ4n) is 3.14. The van der Waals surface area contributed by atoms with Gasteiger partial charge in [0.1, 0.15) is 11.5 Å². The molecule has 1 unspecified atom stereocenters. The van der Waals surface area contributed by atoms with Crippen LogP contribution in [-0.4, -0.2) is 51.8 Å². The van der Waals surface area contributed by atoms with Gasteiger partial charge in [-0.1, -0.05) is 30.3 Å². The molecule has 0 N–H and O–H groups in total. The molecule has 0 bridgehead atoms. The molecule has 1 heterocycles. The molecule has 1 amide bonds. The Balaban J connectivity index is 1.61. The van der Waals surface area contributed by atoms with E-state index in [2.05, 4.69) is 0 Å². The standard InChI is InChI=1S/C20H23NO5S/c1-25-17-7-9-18(10-8-17)26-15-20(22)21-12-11-19(27(23,24)14-13-21)16-5-3-2-4-6-16/h2-10,19H,11-15H2,1H3. The molecule has 6 nitrogen and oxygen atoms in total. The first-order valence-electron chi connectivity index (χ1n) is 8.81. The predicted molar refractivity (Wildman–Crippen MR) is 103 cm³/mol. The molecule has 0 radical (unpaired) electrons. The molecule has 2 aromatic carbocycles. The summed E-state index contributed by atoms with van der Waals surface area (Å²) >= 11 is 0. The molecule has 144 valence electrons. The molecule has 0 aromatic heterocycles. The number of carbonyl (C=O) groups excluding carboxylic acids is 1. The quantitative estimate of drug-likeness (QED) is 0.785. The van der Waals surface area contributed by atoms with E-state index in [-0.39, 0.29) is 24.8 Å². The van der Waals surface area contributed by atoms with Gasteiger partial charge >= 0.3 is 0 Å². The van der Waals surface area contributed by atoms with Crippen molar-refractivity contribution in [3.05, 3.63) is 60.2 Å². The van der Waals surface area contributed by atoms with Crippen molar-refractivity contribution in [2.24, 2.45) is 0 Å². The van der Waals surface area contributed by atoms with Crippen LogP contribution in [0.1, 0.15) is 17.2 Å². The molecule has 1 aliphatic rings. The van der Waals surface area contributed by atoms with Gasteiger partial charge in [0.2, 0.25) is 0 Å². The summed E-state index contributed by atoms with van der Waals surface area (Å²) in [6, 6.07) is 16.1. The number of sulfone groups is 1. The van der Waals surface area contributed by atoms with E-state index >= 15 is 0 Å². The average molecular weight is 389 g/mol. The van der Waals surface area contributed by atoms with Crippen molar-refractivity contribution < 1.29 is 22.7 Å². The van der Waals surface area contributed by atoms with E-state index in [9.17, 15) is 13.2 Å². The number of benzene rings is 2. The number of carbonyl (C=O) groups is 1. The lowest BCUT2D eigenvalue weighted by molar-refractivity contribution is -0.133. The molecule has 7 heteroatoms. The zero-order valence-corrected chi connectivity index (χ0v) is 16.0. The summed E-state index contributed by atoms with van der Waals surface area (Å²) in [4.78, 5) is 14.1. The van der Waals surface area contributed by atoms with E-state index in [0.29, 0.717) is 24.5 Å². The molecule has 0 spiro atoms. The van der Waals surface area contributed by atoms with Crippen molar-refractivity contribution in [3.8, 4) is 11.5 Å². The number of rotatable bonds is 5. The van der Waals surface area contributed by atoms with Gasteiger partial charge in [0.25, 0.3) is 5.91 Å². The highest BCUT2D eigenvalue weighted by atomic mass is 32.2. The van der Waals surface area contributed by atoms with Crippen LogP contribution in [0, 0.1) is 0 Å². The fourth-order valence-corrected chi connectivity index (χ4v) is 4.94. The number of hydrogen-bond donors (Lipinski definition) is 0. The van der Waals surface area contributed by atoms with E-state index in [1.807, 2.05) is 30.3 Å². The van der Waals surface area contributed by atoms with Gasteiger partial charge in [-0.05, 0) is 36.2 Å². The van der Waals surface area contributed by atoms with E-state index in [1.54, 1.807) is 36.3 Å². The summed E-state index contributed by atoms with van der Waals surface area (Å²) in [6.07, 6.45) is 0.390. The normalized spacial score (nSPS) is 19.1. The van der Waals surface area contributed by atoms with Crippen LogP contribution in [0.3, 0.4) is 0 Å². The van der Waals surface area contributed by atoms with Gasteiger partial charge in [0.15, 0.2) is 16.4 Å². The first-order valence-corrected chi connectivity index (χ1v) is 10.5. The lowest BCUT2D eigenvalue weighted by Crippen LogP contribution is -2.37. The maximum absolute atomic E-state index is 12.6. The summed E-state index contributed by atoms with van der Waals surface area (Å²) in [5.74, 6) is 1.02. The van der Waals surface area contributed by atoms with E-state index in [1.165, 1.54) is 0 Å². The van der Waals surface area contributed by atoms with Crippen LogP contribution in [0.25, 0.3) is 0 Å². The zero-order chi connectivity index (χ0) is 19.3. The van der Waals surface area contributed by atoms with Gasteiger partial charge in [0, 0.05) is 13.1 Å². The van der Waals surface area contributed by atoms with Crippen LogP contribution in [0.4, 0.5) is 0 Å². The van der Waals surface area contributed by atoms with Crippen molar-refractivity contribution in [1.82, 2.24) is 4.90 Å². The number of ether oxygens (including phenoxy) is 2. The Kier molecular flexibility index (Phi) is 6.01. The topological polar surface area (TPSA) is 72.9 Å². The molecular formula is C20H23NO5S. The van der Waals surface area contributed by atoms with Crippen LogP contribution in [0.5, 0.6) is 11.5 Å². The average Bonchev–Trinajstić information content (AvgIpc) is 2.85. The van der Waals surface area contributed by atoms with E-state index in [4.69, 9.17) is 9.47 Å². The molecule has 27 heavy (non-hydrogen) atoms. The fraction of sp³-hybridized carbons (Fsp3) is 0.350. The van der Waals surface area contributed by atoms with Crippen LogP contribution in [-0.2, 0) is 14.6 Å². The van der Waals surface area contributed by atoms with Gasteiger partial charge < -0.3 is 14.4 Å². The molecule has 2 aromatic rings. The third-order valence-electron chi connectivity index (χ3n) is 4.69. The van der Waals surface area contributed by atoms with Crippen LogP contribution in [0.2, 0.25) is 0 Å². The number of nitrogens with zero attached hydrogens (tertiary/aromatic N) is 1. The summed E-state index contributed by atoms with van der Waals surface area (Å²) < 4.78 is 35.9. The van der Waals surface area contributed by atoms with Crippen molar-refractivity contribution in [1.29, 1.82) is 0 Å². The van der Waals surface area contributed by atoms with Gasteiger partial charge in [-0.15, -0.1) is 0 Å². The SMILES string of the molecule is COc1ccc(OCC(=O)N2CCC(c3ccccc3)S(=O)(=O)CC2)cc1. The van der Waals surface area contributed by atoms with Crippen molar-refractivity contribution in [2.75, 3.05) is 32.6 Å². The lowest BCUT2D eigenvalue weighted by Gasteiger charge is -2.20. The number of methoxy groups -OCH3 is 1. The smallest absolute Gasteiger partial charge is 0.260 e. The van der Waals surface area contributed by atoms with E-state index < -0.39 is 15.1 Å². The second-order valence-corrected chi connectivity index (χ2v) is 8.70. The highest BCUT2D eigenvalue weighted by molar-refractivity contribution is 7.91. The van der Waals surface area contributed by atoms with Crippen LogP contribution >= 0.6 is 0 Å². The molecule has 1 aliphatic heterocycles. The maximum atomic E-state index is 12.6. The Morgan fingerprint density at radius 2 is 1.70 bits per heavy atom. The minimum Gasteiger partial charge on any atom is -0.497 e. The van der Waals surface area contributed by atoms with Crippen molar-refractivity contribution in [3.63, 3.8) is 0 Å². The Morgan fingerprint density at radius 3 is 2.37 bits per heavy atom. The molecular weight excluding hydrogens is 366 g/mol. The molecule has 3 rings (SSSR count). The number of hydrogen-bond acceptors (Lipinski definition) is 5. The van der Waals surface area contributed by atoms with Crippen LogP contribution in [0.15, 0.2) is 54.6 Å². The second kappa shape index (κ2) is 8.43. The summed E-state index contributed by atoms with van der Waals surface area (Å²) in [6.45, 7) is 0.461. The van der Waals surface area contributed by atoms with Gasteiger partial charge in [0.05, 0.1) is 18.1 Å². The first kappa shape index (κ1) is 19.2. The van der Waals surface area contributed by atoms with E-state index in [0.717, 1.165) is 5.56 Å². The Bertz CT molecular complexity index is 865. The highest BCUT2D eigenvalue weighted by Crippen LogP contribution is 2.29. The molecule has 1 atom stereocenters. The summed E-state index contributed by atoms with van der Waals surface area (Å²) in [7, 11) is -1.72. The minimum absolute atomic E-state index is 0.0408. The zero-order valence-electron chi connectivity index (χ0n) is 15.2. The third-order valence-corrected chi connectivity index (χ3v) is 6.81. The Labute approximate surface area is 159 Å². The molecule has 1 saturated heterocycles. The number of amides is 1. The monoisotopic (exact) mass is 389 g/mol. The Morgan fingerprint density at radius 1 is 1.04 bits per heavy atom. The molecule has 1 fully saturated rings. The predicted octanol–water partition coefficient (Wildman–Crippen LogP) is 2.46. The molecule has 0 aliphatic carbocycles. The third kappa shape index (κ3) is 4.80.